The third-order valence-electron chi connectivity index (χ3n) is 5.33. The number of para-hydroxylation sites is 2. The molecule has 1 heterocycles. The molecule has 36 heavy (non-hydrogen) atoms. The number of rotatable bonds is 9. The van der Waals surface area contributed by atoms with Crippen LogP contribution >= 0.6 is 11.8 Å². The van der Waals surface area contributed by atoms with Crippen molar-refractivity contribution in [1.82, 2.24) is 4.98 Å². The molecule has 8 nitrogen and oxygen atoms in total. The standard InChI is InChI=1S/C27H24N2O6S/c1-16-8-10-19(17(2)12-16)22(30)14-34-26(32)18-9-11-23(33-3)21(13-18)28-25(31)15-36-27-29-20-6-4-5-7-24(20)35-27/h4-13H,14-15H2,1-3H3,(H,28,31). The second kappa shape index (κ2) is 11.1. The molecule has 4 rings (SSSR count). The molecular formula is C27H24N2O6S. The van der Waals surface area contributed by atoms with Gasteiger partial charge in [-0.05, 0) is 49.7 Å². The number of hydrogen-bond donors (Lipinski definition) is 1. The van der Waals surface area contributed by atoms with Crippen LogP contribution in [0.1, 0.15) is 31.8 Å². The summed E-state index contributed by atoms with van der Waals surface area (Å²) in [5, 5.41) is 3.11. The maximum absolute atomic E-state index is 12.6. The minimum Gasteiger partial charge on any atom is -0.495 e. The Hall–Kier alpha value is -4.11. The van der Waals surface area contributed by atoms with Crippen molar-refractivity contribution in [1.29, 1.82) is 0 Å². The van der Waals surface area contributed by atoms with E-state index in [1.807, 2.05) is 44.2 Å². The zero-order chi connectivity index (χ0) is 25.7. The highest BCUT2D eigenvalue weighted by atomic mass is 32.2. The van der Waals surface area contributed by atoms with Crippen molar-refractivity contribution in [2.24, 2.45) is 0 Å². The van der Waals surface area contributed by atoms with Crippen LogP contribution in [-0.2, 0) is 9.53 Å². The van der Waals surface area contributed by atoms with Crippen molar-refractivity contribution in [3.05, 3.63) is 82.9 Å². The van der Waals surface area contributed by atoms with Crippen LogP contribution in [0.25, 0.3) is 11.1 Å². The predicted molar refractivity (Wildman–Crippen MR) is 137 cm³/mol. The van der Waals surface area contributed by atoms with Crippen molar-refractivity contribution in [3.63, 3.8) is 0 Å². The van der Waals surface area contributed by atoms with E-state index in [9.17, 15) is 14.4 Å². The summed E-state index contributed by atoms with van der Waals surface area (Å²) in [7, 11) is 1.46. The number of Topliss-reactive ketones (excluding diaryl/α,β-unsaturated/α-hetero) is 1. The molecule has 0 aliphatic heterocycles. The number of aryl methyl sites for hydroxylation is 2. The fourth-order valence-electron chi connectivity index (χ4n) is 3.58. The Balaban J connectivity index is 1.38. The van der Waals surface area contributed by atoms with Crippen molar-refractivity contribution in [2.45, 2.75) is 19.1 Å². The molecule has 0 fully saturated rings. The summed E-state index contributed by atoms with van der Waals surface area (Å²) < 4.78 is 16.1. The molecule has 0 bridgehead atoms. The first-order valence-electron chi connectivity index (χ1n) is 11.1. The maximum atomic E-state index is 12.6. The Morgan fingerprint density at radius 2 is 1.83 bits per heavy atom. The Kier molecular flexibility index (Phi) is 7.70. The Bertz CT molecular complexity index is 1410. The molecule has 1 aromatic heterocycles. The number of nitrogens with zero attached hydrogens (tertiary/aromatic N) is 1. The van der Waals surface area contributed by atoms with Crippen molar-refractivity contribution < 1.29 is 28.3 Å². The first-order chi connectivity index (χ1) is 17.3. The third-order valence-corrected chi connectivity index (χ3v) is 6.16. The topological polar surface area (TPSA) is 108 Å². The van der Waals surface area contributed by atoms with Crippen LogP contribution in [0.3, 0.4) is 0 Å². The van der Waals surface area contributed by atoms with Gasteiger partial charge < -0.3 is 19.2 Å². The van der Waals surface area contributed by atoms with Gasteiger partial charge in [0.05, 0.1) is 24.1 Å². The first kappa shape index (κ1) is 25.0. The number of thioether (sulfide) groups is 1. The normalized spacial score (nSPS) is 10.8. The molecule has 0 saturated carbocycles. The van der Waals surface area contributed by atoms with Crippen LogP contribution in [-0.4, -0.2) is 42.1 Å². The van der Waals surface area contributed by atoms with Gasteiger partial charge in [-0.15, -0.1) is 0 Å². The Labute approximate surface area is 212 Å². The molecule has 0 radical (unpaired) electrons. The van der Waals surface area contributed by atoms with Crippen molar-refractivity contribution in [3.8, 4) is 5.75 Å². The number of fused-ring (bicyclic) bond motifs is 1. The van der Waals surface area contributed by atoms with Gasteiger partial charge in [-0.3, -0.25) is 9.59 Å². The summed E-state index contributed by atoms with van der Waals surface area (Å²) in [5.74, 6) is -0.907. The molecule has 4 aromatic rings. The summed E-state index contributed by atoms with van der Waals surface area (Å²) in [4.78, 5) is 42.0. The number of methoxy groups -OCH3 is 1. The number of aromatic nitrogens is 1. The van der Waals surface area contributed by atoms with Crippen LogP contribution in [0.2, 0.25) is 0 Å². The minimum atomic E-state index is -0.688. The quantitative estimate of drug-likeness (QED) is 0.188. The smallest absolute Gasteiger partial charge is 0.338 e. The number of carbonyl (C=O) groups excluding carboxylic acids is 3. The summed E-state index contributed by atoms with van der Waals surface area (Å²) in [6, 6.07) is 17.3. The fourth-order valence-corrected chi connectivity index (χ4v) is 4.22. The van der Waals surface area contributed by atoms with E-state index in [4.69, 9.17) is 13.9 Å². The molecule has 9 heteroatoms. The second-order valence-corrected chi connectivity index (χ2v) is 8.94. The summed E-state index contributed by atoms with van der Waals surface area (Å²) in [6.45, 7) is 3.39. The lowest BCUT2D eigenvalue weighted by Gasteiger charge is -2.12. The van der Waals surface area contributed by atoms with Crippen LogP contribution in [0.4, 0.5) is 5.69 Å². The number of benzene rings is 3. The summed E-state index contributed by atoms with van der Waals surface area (Å²) >= 11 is 1.15. The molecule has 0 atom stereocenters. The van der Waals surface area contributed by atoms with Gasteiger partial charge in [0.1, 0.15) is 11.3 Å². The van der Waals surface area contributed by atoms with E-state index in [1.165, 1.54) is 19.2 Å². The highest BCUT2D eigenvalue weighted by molar-refractivity contribution is 7.99. The minimum absolute atomic E-state index is 0.0368. The van der Waals surface area contributed by atoms with Crippen LogP contribution in [0.5, 0.6) is 5.75 Å². The lowest BCUT2D eigenvalue weighted by atomic mass is 10.0. The third kappa shape index (κ3) is 5.92. The average molecular weight is 505 g/mol. The van der Waals surface area contributed by atoms with E-state index in [1.54, 1.807) is 18.2 Å². The Morgan fingerprint density at radius 1 is 1.03 bits per heavy atom. The maximum Gasteiger partial charge on any atom is 0.338 e. The lowest BCUT2D eigenvalue weighted by Crippen LogP contribution is -2.17. The largest absolute Gasteiger partial charge is 0.495 e. The van der Waals surface area contributed by atoms with Gasteiger partial charge in [-0.2, -0.15) is 0 Å². The molecule has 0 saturated heterocycles. The van der Waals surface area contributed by atoms with E-state index in [-0.39, 0.29) is 23.0 Å². The molecule has 3 aromatic carbocycles. The molecule has 0 aliphatic carbocycles. The highest BCUT2D eigenvalue weighted by Crippen LogP contribution is 2.27. The lowest BCUT2D eigenvalue weighted by molar-refractivity contribution is -0.113. The number of oxazole rings is 1. The van der Waals surface area contributed by atoms with Crippen molar-refractivity contribution >= 4 is 46.2 Å². The number of ketones is 1. The zero-order valence-electron chi connectivity index (χ0n) is 20.0. The summed E-state index contributed by atoms with van der Waals surface area (Å²) in [6.07, 6.45) is 0. The van der Waals surface area contributed by atoms with Gasteiger partial charge in [0, 0.05) is 5.56 Å². The van der Waals surface area contributed by atoms with Crippen molar-refractivity contribution in [2.75, 3.05) is 24.8 Å². The molecule has 1 N–H and O–H groups in total. The number of ether oxygens (including phenoxy) is 2. The molecule has 0 spiro atoms. The van der Waals surface area contributed by atoms with Gasteiger partial charge >= 0.3 is 5.97 Å². The number of anilines is 1. The van der Waals surface area contributed by atoms with Gasteiger partial charge in [0.25, 0.3) is 5.22 Å². The zero-order valence-corrected chi connectivity index (χ0v) is 20.8. The number of amides is 1. The number of carbonyl (C=O) groups is 3. The van der Waals surface area contributed by atoms with E-state index in [2.05, 4.69) is 10.3 Å². The van der Waals surface area contributed by atoms with E-state index < -0.39 is 12.6 Å². The van der Waals surface area contributed by atoms with E-state index in [0.717, 1.165) is 22.9 Å². The monoisotopic (exact) mass is 504 g/mol. The van der Waals surface area contributed by atoms with Gasteiger partial charge in [0.15, 0.2) is 12.2 Å². The predicted octanol–water partition coefficient (Wildman–Crippen LogP) is 5.22. The molecular weight excluding hydrogens is 480 g/mol. The summed E-state index contributed by atoms with van der Waals surface area (Å²) in [5.41, 5.74) is 4.20. The van der Waals surface area contributed by atoms with Gasteiger partial charge in [-0.1, -0.05) is 47.7 Å². The van der Waals surface area contributed by atoms with E-state index in [0.29, 0.717) is 33.3 Å². The molecule has 184 valence electrons. The Morgan fingerprint density at radius 3 is 2.58 bits per heavy atom. The van der Waals surface area contributed by atoms with Crippen LogP contribution < -0.4 is 10.1 Å². The van der Waals surface area contributed by atoms with Gasteiger partial charge in [0.2, 0.25) is 11.7 Å². The molecule has 0 aliphatic rings. The number of hydrogen-bond acceptors (Lipinski definition) is 8. The van der Waals surface area contributed by atoms with Crippen LogP contribution in [0.15, 0.2) is 70.3 Å². The highest BCUT2D eigenvalue weighted by Gasteiger charge is 2.17. The first-order valence-corrected chi connectivity index (χ1v) is 12.1. The van der Waals surface area contributed by atoms with E-state index >= 15 is 0 Å². The van der Waals surface area contributed by atoms with Gasteiger partial charge in [-0.25, -0.2) is 9.78 Å². The fraction of sp³-hybridized carbons (Fsp3) is 0.185. The SMILES string of the molecule is COc1ccc(C(=O)OCC(=O)c2ccc(C)cc2C)cc1NC(=O)CSc1nc2ccccc2o1. The average Bonchev–Trinajstić information content (AvgIpc) is 3.29. The number of nitrogens with one attached hydrogen (secondary N) is 1. The van der Waals surface area contributed by atoms with Crippen LogP contribution in [0, 0.1) is 13.8 Å². The molecule has 1 amide bonds. The molecule has 0 unspecified atom stereocenters. The second-order valence-electron chi connectivity index (χ2n) is 8.02. The number of esters is 1.